The molecule has 4 rings (SSSR count). The van der Waals surface area contributed by atoms with Gasteiger partial charge in [-0.3, -0.25) is 20.5 Å². The number of amides is 1. The highest BCUT2D eigenvalue weighted by atomic mass is 35.5. The summed E-state index contributed by atoms with van der Waals surface area (Å²) in [6.45, 7) is 6.28. The van der Waals surface area contributed by atoms with E-state index in [1.807, 2.05) is 0 Å². The highest BCUT2D eigenvalue weighted by molar-refractivity contribution is 6.31. The molecule has 0 aromatic carbocycles. The van der Waals surface area contributed by atoms with Crippen LogP contribution >= 0.6 is 11.6 Å². The minimum Gasteiger partial charge on any atom is -0.297 e. The van der Waals surface area contributed by atoms with Crippen LogP contribution in [0.25, 0.3) is 0 Å². The van der Waals surface area contributed by atoms with Gasteiger partial charge < -0.3 is 0 Å². The van der Waals surface area contributed by atoms with E-state index in [1.54, 1.807) is 0 Å². The molecule has 1 amide bonds. The number of halogens is 1. The van der Waals surface area contributed by atoms with E-state index < -0.39 is 5.38 Å². The summed E-state index contributed by atoms with van der Waals surface area (Å²) in [7, 11) is 0. The van der Waals surface area contributed by atoms with E-state index in [9.17, 15) is 4.79 Å². The van der Waals surface area contributed by atoms with Crippen molar-refractivity contribution in [2.75, 3.05) is 26.2 Å². The maximum atomic E-state index is 11.8. The zero-order valence-electron chi connectivity index (χ0n) is 14.5. The van der Waals surface area contributed by atoms with Crippen molar-refractivity contribution in [1.82, 2.24) is 26.2 Å². The van der Waals surface area contributed by atoms with E-state index in [4.69, 9.17) is 11.6 Å². The first-order chi connectivity index (χ1) is 11.6. The molecule has 4 fully saturated rings. The topological polar surface area (TPSA) is 59.6 Å². The van der Waals surface area contributed by atoms with Gasteiger partial charge in [0.1, 0.15) is 5.38 Å². The molecule has 4 aliphatic rings. The van der Waals surface area contributed by atoms with Gasteiger partial charge in [0, 0.05) is 50.2 Å². The predicted octanol–water partition coefficient (Wildman–Crippen LogP) is 0.686. The Morgan fingerprint density at radius 2 is 1.92 bits per heavy atom. The number of nitrogens with one attached hydrogen (secondary N) is 3. The van der Waals surface area contributed by atoms with E-state index >= 15 is 0 Å². The van der Waals surface area contributed by atoms with Gasteiger partial charge in [-0.2, -0.15) is 0 Å². The number of hydrogen-bond acceptors (Lipinski definition) is 5. The highest BCUT2D eigenvalue weighted by Gasteiger charge is 2.45. The molecule has 1 saturated carbocycles. The van der Waals surface area contributed by atoms with Crippen LogP contribution in [-0.4, -0.2) is 65.5 Å². The normalized spacial score (nSPS) is 45.0. The van der Waals surface area contributed by atoms with Gasteiger partial charge in [0.25, 0.3) is 5.91 Å². The zero-order chi connectivity index (χ0) is 16.7. The number of carbonyl (C=O) groups excluding carboxylic acids is 1. The Morgan fingerprint density at radius 1 is 1.08 bits per heavy atom. The molecule has 0 spiro atoms. The molecule has 6 atom stereocenters. The Hall–Kier alpha value is -0.400. The molecular weight excluding hydrogens is 326 g/mol. The lowest BCUT2D eigenvalue weighted by molar-refractivity contribution is -0.125. The molecule has 3 heterocycles. The van der Waals surface area contributed by atoms with Gasteiger partial charge in [-0.1, -0.05) is 19.8 Å². The third-order valence-electron chi connectivity index (χ3n) is 6.62. The molecule has 7 heteroatoms. The lowest BCUT2D eigenvalue weighted by atomic mass is 9.83. The SMILES string of the molecule is CC1CCCCC1N1NCC2CN(C3CNNC(=O)C3Cl)CCC21. The second-order valence-electron chi connectivity index (χ2n) is 8.05. The molecule has 0 bridgehead atoms. The van der Waals surface area contributed by atoms with E-state index in [0.29, 0.717) is 18.0 Å². The van der Waals surface area contributed by atoms with Crippen molar-refractivity contribution in [2.24, 2.45) is 11.8 Å². The second kappa shape index (κ2) is 7.08. The number of likely N-dealkylation sites (tertiary alicyclic amines) is 1. The van der Waals surface area contributed by atoms with E-state index in [1.165, 1.54) is 32.1 Å². The molecule has 0 radical (unpaired) electrons. The largest absolute Gasteiger partial charge is 0.297 e. The van der Waals surface area contributed by atoms with Crippen molar-refractivity contribution in [3.8, 4) is 0 Å². The predicted molar refractivity (Wildman–Crippen MR) is 94.3 cm³/mol. The van der Waals surface area contributed by atoms with Crippen LogP contribution in [0.15, 0.2) is 0 Å². The highest BCUT2D eigenvalue weighted by Crippen LogP contribution is 2.35. The van der Waals surface area contributed by atoms with Crippen LogP contribution in [0.4, 0.5) is 0 Å². The number of nitrogens with zero attached hydrogens (tertiary/aromatic N) is 2. The van der Waals surface area contributed by atoms with Crippen molar-refractivity contribution in [3.63, 3.8) is 0 Å². The van der Waals surface area contributed by atoms with Gasteiger partial charge in [-0.15, -0.1) is 11.6 Å². The summed E-state index contributed by atoms with van der Waals surface area (Å²) < 4.78 is 0. The maximum absolute atomic E-state index is 11.8. The molecule has 3 saturated heterocycles. The van der Waals surface area contributed by atoms with Crippen molar-refractivity contribution < 1.29 is 4.79 Å². The molecule has 0 aromatic rings. The molecule has 6 nitrogen and oxygen atoms in total. The van der Waals surface area contributed by atoms with Gasteiger partial charge in [-0.05, 0) is 25.2 Å². The van der Waals surface area contributed by atoms with Gasteiger partial charge in [-0.25, -0.2) is 10.4 Å². The molecule has 0 aromatic heterocycles. The summed E-state index contributed by atoms with van der Waals surface area (Å²) in [5.41, 5.74) is 9.34. The Bertz CT molecular complexity index is 478. The quantitative estimate of drug-likeness (QED) is 0.636. The van der Waals surface area contributed by atoms with Gasteiger partial charge >= 0.3 is 0 Å². The number of hydrazine groups is 2. The Labute approximate surface area is 149 Å². The lowest BCUT2D eigenvalue weighted by Gasteiger charge is -2.46. The minimum atomic E-state index is -0.452. The Balaban J connectivity index is 1.40. The third kappa shape index (κ3) is 3.07. The van der Waals surface area contributed by atoms with Crippen LogP contribution < -0.4 is 16.3 Å². The van der Waals surface area contributed by atoms with Crippen LogP contribution in [0.2, 0.25) is 0 Å². The van der Waals surface area contributed by atoms with Crippen LogP contribution in [0.1, 0.15) is 39.0 Å². The number of fused-ring (bicyclic) bond motifs is 1. The molecular formula is C17H30ClN5O. The van der Waals surface area contributed by atoms with Crippen molar-refractivity contribution in [3.05, 3.63) is 0 Å². The first kappa shape index (κ1) is 17.0. The number of rotatable bonds is 2. The summed E-state index contributed by atoms with van der Waals surface area (Å²) in [5.74, 6) is 1.33. The molecule has 1 aliphatic carbocycles. The van der Waals surface area contributed by atoms with Gasteiger partial charge in [0.05, 0.1) is 0 Å². The standard InChI is InChI=1S/C17H30ClN5O/c1-11-4-2-3-5-13(11)23-14-6-7-22(10-12(14)8-20-23)15-9-19-21-17(24)16(15)18/h11-16,19-20H,2-10H2,1H3,(H,21,24). The number of carbonyl (C=O) groups is 1. The summed E-state index contributed by atoms with van der Waals surface area (Å²) >= 11 is 6.36. The van der Waals surface area contributed by atoms with Gasteiger partial charge in [0.2, 0.25) is 0 Å². The zero-order valence-corrected chi connectivity index (χ0v) is 15.3. The Kier molecular flexibility index (Phi) is 5.02. The summed E-state index contributed by atoms with van der Waals surface area (Å²) in [5, 5.41) is 2.15. The third-order valence-corrected chi connectivity index (χ3v) is 7.11. The average molecular weight is 356 g/mol. The second-order valence-corrected chi connectivity index (χ2v) is 8.52. The first-order valence-corrected chi connectivity index (χ1v) is 10.0. The van der Waals surface area contributed by atoms with Crippen LogP contribution in [0.3, 0.4) is 0 Å². The summed E-state index contributed by atoms with van der Waals surface area (Å²) in [4.78, 5) is 14.2. The van der Waals surface area contributed by atoms with Crippen molar-refractivity contribution in [1.29, 1.82) is 0 Å². The fraction of sp³-hybridized carbons (Fsp3) is 0.941. The monoisotopic (exact) mass is 355 g/mol. The van der Waals surface area contributed by atoms with E-state index in [0.717, 1.165) is 32.1 Å². The maximum Gasteiger partial charge on any atom is 0.253 e. The van der Waals surface area contributed by atoms with E-state index in [-0.39, 0.29) is 11.9 Å². The fourth-order valence-corrected chi connectivity index (χ4v) is 5.54. The van der Waals surface area contributed by atoms with Crippen molar-refractivity contribution >= 4 is 17.5 Å². The molecule has 6 unspecified atom stereocenters. The van der Waals surface area contributed by atoms with Crippen LogP contribution in [0, 0.1) is 11.8 Å². The van der Waals surface area contributed by atoms with E-state index in [2.05, 4.69) is 33.1 Å². The number of alkyl halides is 1. The smallest absolute Gasteiger partial charge is 0.253 e. The molecule has 3 aliphatic heterocycles. The number of hydrogen-bond donors (Lipinski definition) is 3. The molecule has 136 valence electrons. The molecule has 3 N–H and O–H groups in total. The molecule has 24 heavy (non-hydrogen) atoms. The van der Waals surface area contributed by atoms with Crippen molar-refractivity contribution in [2.45, 2.75) is 62.5 Å². The lowest BCUT2D eigenvalue weighted by Crippen LogP contribution is -2.64. The summed E-state index contributed by atoms with van der Waals surface area (Å²) in [6.07, 6.45) is 6.62. The first-order valence-electron chi connectivity index (χ1n) is 9.58. The average Bonchev–Trinajstić information content (AvgIpc) is 3.01. The number of piperidine rings is 1. The fourth-order valence-electron chi connectivity index (χ4n) is 5.23. The summed E-state index contributed by atoms with van der Waals surface area (Å²) in [6, 6.07) is 1.44. The van der Waals surface area contributed by atoms with Crippen LogP contribution in [-0.2, 0) is 4.79 Å². The van der Waals surface area contributed by atoms with Gasteiger partial charge in [0.15, 0.2) is 0 Å². The Morgan fingerprint density at radius 3 is 2.75 bits per heavy atom. The van der Waals surface area contributed by atoms with Crippen LogP contribution in [0.5, 0.6) is 0 Å². The minimum absolute atomic E-state index is 0.0998.